The molecule has 138 valence electrons. The maximum atomic E-state index is 11.4. The van der Waals surface area contributed by atoms with E-state index in [1.54, 1.807) is 6.92 Å². The number of hydrogen-bond acceptors (Lipinski definition) is 2. The van der Waals surface area contributed by atoms with E-state index < -0.39 is 0 Å². The van der Waals surface area contributed by atoms with Crippen molar-refractivity contribution in [1.82, 2.24) is 0 Å². The van der Waals surface area contributed by atoms with Crippen molar-refractivity contribution >= 4 is 11.6 Å². The van der Waals surface area contributed by atoms with Gasteiger partial charge in [0, 0.05) is 18.3 Å². The van der Waals surface area contributed by atoms with E-state index in [-0.39, 0.29) is 13.3 Å². The van der Waals surface area contributed by atoms with Crippen molar-refractivity contribution in [2.45, 2.75) is 100 Å². The second-order valence-electron chi connectivity index (χ2n) is 7.27. The molecule has 0 amide bonds. The van der Waals surface area contributed by atoms with Crippen molar-refractivity contribution in [2.75, 3.05) is 0 Å². The SMILES string of the molecule is C.CCC(=O)C(C)C1CCCCC1.CCC(C)CC(C)C(C)=O. The number of carbonyl (C=O) groups excluding carboxylic acids is 2. The standard InChI is InChI=1S/C11H20O.C9H18O.CH4/c1-3-11(12)9(2)10-7-5-4-6-8-10;1-5-7(2)6-8(3)9(4)10;/h9-10H,3-8H2,1-2H3;7-8H,5-6H2,1-4H3;1H4. The predicted molar refractivity (Wildman–Crippen MR) is 102 cm³/mol. The Kier molecular flexibility index (Phi) is 14.7. The summed E-state index contributed by atoms with van der Waals surface area (Å²) >= 11 is 0. The fourth-order valence-corrected chi connectivity index (χ4v) is 3.16. The molecule has 2 heteroatoms. The number of rotatable bonds is 7. The first-order chi connectivity index (χ1) is 10.3. The molecule has 2 nitrogen and oxygen atoms in total. The lowest BCUT2D eigenvalue weighted by Crippen LogP contribution is -2.22. The van der Waals surface area contributed by atoms with Gasteiger partial charge in [-0.15, -0.1) is 0 Å². The van der Waals surface area contributed by atoms with Gasteiger partial charge in [0.05, 0.1) is 0 Å². The molecule has 0 aromatic carbocycles. The topological polar surface area (TPSA) is 34.1 Å². The van der Waals surface area contributed by atoms with E-state index in [0.29, 0.717) is 29.3 Å². The van der Waals surface area contributed by atoms with Gasteiger partial charge in [-0.3, -0.25) is 9.59 Å². The van der Waals surface area contributed by atoms with Gasteiger partial charge in [-0.1, -0.05) is 67.7 Å². The van der Waals surface area contributed by atoms with E-state index in [4.69, 9.17) is 0 Å². The molecule has 0 radical (unpaired) electrons. The Labute approximate surface area is 145 Å². The molecule has 1 aliphatic rings. The normalized spacial score (nSPS) is 18.7. The van der Waals surface area contributed by atoms with Crippen molar-refractivity contribution in [3.63, 3.8) is 0 Å². The first-order valence-corrected chi connectivity index (χ1v) is 9.36. The minimum absolute atomic E-state index is 0. The number of carbonyl (C=O) groups is 2. The highest BCUT2D eigenvalue weighted by Crippen LogP contribution is 2.30. The fraction of sp³-hybridized carbons (Fsp3) is 0.905. The zero-order valence-electron chi connectivity index (χ0n) is 15.8. The molecule has 1 rings (SSSR count). The van der Waals surface area contributed by atoms with E-state index in [9.17, 15) is 9.59 Å². The van der Waals surface area contributed by atoms with Crippen molar-refractivity contribution < 1.29 is 9.59 Å². The monoisotopic (exact) mass is 326 g/mol. The van der Waals surface area contributed by atoms with E-state index in [0.717, 1.165) is 12.8 Å². The molecule has 23 heavy (non-hydrogen) atoms. The van der Waals surface area contributed by atoms with Crippen LogP contribution in [-0.2, 0) is 9.59 Å². The predicted octanol–water partition coefficient (Wildman–Crippen LogP) is 6.47. The third-order valence-corrected chi connectivity index (χ3v) is 5.36. The van der Waals surface area contributed by atoms with Crippen molar-refractivity contribution in [2.24, 2.45) is 23.7 Å². The summed E-state index contributed by atoms with van der Waals surface area (Å²) in [6, 6.07) is 0. The molecule has 1 saturated carbocycles. The quantitative estimate of drug-likeness (QED) is 0.537. The Morgan fingerprint density at radius 1 is 1.00 bits per heavy atom. The van der Waals surface area contributed by atoms with E-state index in [2.05, 4.69) is 20.8 Å². The molecule has 0 aliphatic heterocycles. The molecule has 0 bridgehead atoms. The summed E-state index contributed by atoms with van der Waals surface area (Å²) in [6.45, 7) is 12.1. The van der Waals surface area contributed by atoms with Gasteiger partial charge < -0.3 is 0 Å². The maximum absolute atomic E-state index is 11.4. The minimum atomic E-state index is 0. The molecular weight excluding hydrogens is 284 g/mol. The molecule has 3 atom stereocenters. The summed E-state index contributed by atoms with van der Waals surface area (Å²) in [7, 11) is 0. The molecule has 0 aromatic heterocycles. The molecule has 1 fully saturated rings. The van der Waals surface area contributed by atoms with Gasteiger partial charge in [-0.2, -0.15) is 0 Å². The molecule has 0 heterocycles. The van der Waals surface area contributed by atoms with Gasteiger partial charge in [0.2, 0.25) is 0 Å². The van der Waals surface area contributed by atoms with Gasteiger partial charge in [-0.05, 0) is 38.0 Å². The van der Waals surface area contributed by atoms with Crippen LogP contribution in [0.15, 0.2) is 0 Å². The maximum Gasteiger partial charge on any atom is 0.135 e. The average molecular weight is 327 g/mol. The largest absolute Gasteiger partial charge is 0.300 e. The number of Topliss-reactive ketones (excluding diaryl/α,β-unsaturated/α-hetero) is 2. The highest BCUT2D eigenvalue weighted by molar-refractivity contribution is 5.80. The minimum Gasteiger partial charge on any atom is -0.300 e. The first-order valence-electron chi connectivity index (χ1n) is 9.36. The van der Waals surface area contributed by atoms with Crippen molar-refractivity contribution in [1.29, 1.82) is 0 Å². The summed E-state index contributed by atoms with van der Waals surface area (Å²) in [4.78, 5) is 22.2. The summed E-state index contributed by atoms with van der Waals surface area (Å²) in [6.07, 6.45) is 9.57. The summed E-state index contributed by atoms with van der Waals surface area (Å²) < 4.78 is 0. The Hall–Kier alpha value is -0.660. The zero-order valence-corrected chi connectivity index (χ0v) is 15.8. The third-order valence-electron chi connectivity index (χ3n) is 5.36. The second kappa shape index (κ2) is 13.7. The van der Waals surface area contributed by atoms with Gasteiger partial charge in [0.25, 0.3) is 0 Å². The Balaban J connectivity index is 0. The van der Waals surface area contributed by atoms with Gasteiger partial charge >= 0.3 is 0 Å². The lowest BCUT2D eigenvalue weighted by molar-refractivity contribution is -0.124. The zero-order chi connectivity index (χ0) is 17.1. The Morgan fingerprint density at radius 3 is 1.91 bits per heavy atom. The van der Waals surface area contributed by atoms with Crippen molar-refractivity contribution in [3.05, 3.63) is 0 Å². The first kappa shape index (κ1) is 24.6. The van der Waals surface area contributed by atoms with Crippen LogP contribution in [-0.4, -0.2) is 11.6 Å². The van der Waals surface area contributed by atoms with Crippen LogP contribution in [0, 0.1) is 23.7 Å². The van der Waals surface area contributed by atoms with Crippen LogP contribution in [0.25, 0.3) is 0 Å². The van der Waals surface area contributed by atoms with Gasteiger partial charge in [0.15, 0.2) is 0 Å². The fourth-order valence-electron chi connectivity index (χ4n) is 3.16. The second-order valence-corrected chi connectivity index (χ2v) is 7.27. The van der Waals surface area contributed by atoms with E-state index >= 15 is 0 Å². The highest BCUT2D eigenvalue weighted by atomic mass is 16.1. The molecule has 3 unspecified atom stereocenters. The van der Waals surface area contributed by atoms with E-state index in [1.807, 2.05) is 13.8 Å². The molecular formula is C21H42O2. The van der Waals surface area contributed by atoms with Crippen LogP contribution in [0.3, 0.4) is 0 Å². The molecule has 0 saturated heterocycles. The van der Waals surface area contributed by atoms with Crippen LogP contribution >= 0.6 is 0 Å². The molecule has 0 aromatic rings. The van der Waals surface area contributed by atoms with Crippen LogP contribution in [0.1, 0.15) is 100 Å². The van der Waals surface area contributed by atoms with Gasteiger partial charge in [-0.25, -0.2) is 0 Å². The Morgan fingerprint density at radius 2 is 1.52 bits per heavy atom. The molecule has 0 spiro atoms. The Bertz CT molecular complexity index is 316. The van der Waals surface area contributed by atoms with Crippen LogP contribution < -0.4 is 0 Å². The van der Waals surface area contributed by atoms with E-state index in [1.165, 1.54) is 38.5 Å². The molecule has 0 N–H and O–H groups in total. The molecule has 1 aliphatic carbocycles. The van der Waals surface area contributed by atoms with Crippen molar-refractivity contribution in [3.8, 4) is 0 Å². The third kappa shape index (κ3) is 10.7. The summed E-state index contributed by atoms with van der Waals surface area (Å²) in [5.41, 5.74) is 0. The van der Waals surface area contributed by atoms with Crippen LogP contribution in [0.5, 0.6) is 0 Å². The average Bonchev–Trinajstić information content (AvgIpc) is 2.54. The van der Waals surface area contributed by atoms with Crippen LogP contribution in [0.4, 0.5) is 0 Å². The summed E-state index contributed by atoms with van der Waals surface area (Å²) in [5.74, 6) is 2.76. The smallest absolute Gasteiger partial charge is 0.135 e. The lowest BCUT2D eigenvalue weighted by Gasteiger charge is -2.26. The highest BCUT2D eigenvalue weighted by Gasteiger charge is 2.23. The van der Waals surface area contributed by atoms with Gasteiger partial charge in [0.1, 0.15) is 11.6 Å². The number of ketones is 2. The lowest BCUT2D eigenvalue weighted by atomic mass is 9.78. The summed E-state index contributed by atoms with van der Waals surface area (Å²) in [5, 5.41) is 0. The number of hydrogen-bond donors (Lipinski definition) is 0. The van der Waals surface area contributed by atoms with Crippen LogP contribution in [0.2, 0.25) is 0 Å².